The lowest BCUT2D eigenvalue weighted by Gasteiger charge is -2.00. The zero-order valence-electron chi connectivity index (χ0n) is 7.78. The molecule has 2 heterocycles. The van der Waals surface area contributed by atoms with Gasteiger partial charge in [0.1, 0.15) is 0 Å². The van der Waals surface area contributed by atoms with Crippen LogP contribution in [0.2, 0.25) is 5.15 Å². The molecule has 78 valence electrons. The van der Waals surface area contributed by atoms with Crippen molar-refractivity contribution in [2.45, 2.75) is 0 Å². The number of hydrogen-bond acceptors (Lipinski definition) is 4. The van der Waals surface area contributed by atoms with Crippen LogP contribution >= 0.6 is 27.5 Å². The molecule has 0 saturated heterocycles. The van der Waals surface area contributed by atoms with Gasteiger partial charge in [-0.2, -0.15) is 5.10 Å². The second-order valence-electron chi connectivity index (χ2n) is 2.86. The third-order valence-electron chi connectivity index (χ3n) is 1.65. The van der Waals surface area contributed by atoms with E-state index in [1.165, 1.54) is 0 Å². The maximum atomic E-state index is 5.87. The van der Waals surface area contributed by atoms with Crippen molar-refractivity contribution in [3.05, 3.63) is 28.2 Å². The molecule has 0 aliphatic carbocycles. The molecule has 0 atom stereocenters. The fraction of sp³-hybridized carbons (Fsp3) is 0.125. The van der Waals surface area contributed by atoms with Crippen molar-refractivity contribution in [1.82, 2.24) is 19.7 Å². The molecule has 15 heavy (non-hydrogen) atoms. The van der Waals surface area contributed by atoms with Crippen LogP contribution in [0.25, 0.3) is 0 Å². The van der Waals surface area contributed by atoms with Crippen LogP contribution in [0.3, 0.4) is 0 Å². The Morgan fingerprint density at radius 2 is 2.07 bits per heavy atom. The minimum Gasteiger partial charge on any atom is -0.320 e. The topological polar surface area (TPSA) is 55.6 Å². The van der Waals surface area contributed by atoms with Crippen LogP contribution in [-0.2, 0) is 7.05 Å². The van der Waals surface area contributed by atoms with Crippen molar-refractivity contribution < 1.29 is 0 Å². The van der Waals surface area contributed by atoms with Crippen LogP contribution in [0.1, 0.15) is 0 Å². The highest BCUT2D eigenvalue weighted by molar-refractivity contribution is 9.10. The first kappa shape index (κ1) is 10.4. The number of aromatic nitrogens is 4. The third kappa shape index (κ3) is 2.45. The van der Waals surface area contributed by atoms with Gasteiger partial charge in [0.05, 0.1) is 10.2 Å². The van der Waals surface area contributed by atoms with Crippen molar-refractivity contribution in [3.8, 4) is 0 Å². The van der Waals surface area contributed by atoms with Crippen LogP contribution in [-0.4, -0.2) is 19.7 Å². The van der Waals surface area contributed by atoms with Crippen molar-refractivity contribution in [2.24, 2.45) is 7.05 Å². The van der Waals surface area contributed by atoms with E-state index < -0.39 is 0 Å². The number of nitrogens with zero attached hydrogens (tertiary/aromatic N) is 4. The standard InChI is InChI=1S/C8H7BrClN5/c1-15-4-6(7(10)14-15)13-8-11-2-5(9)3-12-8/h2-4H,1H3,(H,11,12,13). The van der Waals surface area contributed by atoms with Gasteiger partial charge in [-0.05, 0) is 15.9 Å². The fourth-order valence-corrected chi connectivity index (χ4v) is 1.46. The molecular weight excluding hydrogens is 281 g/mol. The van der Waals surface area contributed by atoms with E-state index in [1.807, 2.05) is 0 Å². The second kappa shape index (κ2) is 4.16. The average Bonchev–Trinajstić information content (AvgIpc) is 2.49. The molecule has 0 saturated carbocycles. The number of anilines is 2. The summed E-state index contributed by atoms with van der Waals surface area (Å²) >= 11 is 9.12. The molecule has 0 amide bonds. The molecule has 0 aliphatic heterocycles. The molecule has 2 aromatic heterocycles. The Kier molecular flexibility index (Phi) is 2.88. The summed E-state index contributed by atoms with van der Waals surface area (Å²) < 4.78 is 2.44. The molecule has 0 bridgehead atoms. The van der Waals surface area contributed by atoms with E-state index in [0.29, 0.717) is 16.8 Å². The van der Waals surface area contributed by atoms with Gasteiger partial charge in [-0.1, -0.05) is 11.6 Å². The summed E-state index contributed by atoms with van der Waals surface area (Å²) in [6, 6.07) is 0. The molecule has 1 N–H and O–H groups in total. The molecular formula is C8H7BrClN5. The molecule has 0 fully saturated rings. The SMILES string of the molecule is Cn1cc(Nc2ncc(Br)cn2)c(Cl)n1. The van der Waals surface area contributed by atoms with Crippen molar-refractivity contribution in [3.63, 3.8) is 0 Å². The second-order valence-corrected chi connectivity index (χ2v) is 4.13. The summed E-state index contributed by atoms with van der Waals surface area (Å²) in [5, 5.41) is 7.33. The average molecular weight is 289 g/mol. The summed E-state index contributed by atoms with van der Waals surface area (Å²) in [6.45, 7) is 0. The minimum absolute atomic E-state index is 0.393. The first-order chi connectivity index (χ1) is 7.15. The van der Waals surface area contributed by atoms with E-state index in [-0.39, 0.29) is 0 Å². The van der Waals surface area contributed by atoms with Gasteiger partial charge in [0, 0.05) is 25.6 Å². The van der Waals surface area contributed by atoms with Gasteiger partial charge >= 0.3 is 0 Å². The largest absolute Gasteiger partial charge is 0.320 e. The Labute approximate surface area is 99.6 Å². The van der Waals surface area contributed by atoms with Gasteiger partial charge in [0.2, 0.25) is 5.95 Å². The predicted molar refractivity (Wildman–Crippen MR) is 61.2 cm³/mol. The summed E-state index contributed by atoms with van der Waals surface area (Å²) in [5.74, 6) is 0.480. The van der Waals surface area contributed by atoms with E-state index in [1.54, 1.807) is 30.3 Å². The molecule has 2 aromatic rings. The van der Waals surface area contributed by atoms with Gasteiger partial charge in [-0.25, -0.2) is 9.97 Å². The van der Waals surface area contributed by atoms with Crippen LogP contribution in [0.15, 0.2) is 23.1 Å². The lowest BCUT2D eigenvalue weighted by atomic mass is 10.5. The Hall–Kier alpha value is -1.14. The molecule has 0 radical (unpaired) electrons. The van der Waals surface area contributed by atoms with Crippen LogP contribution in [0, 0.1) is 0 Å². The number of halogens is 2. The first-order valence-electron chi connectivity index (χ1n) is 4.09. The van der Waals surface area contributed by atoms with E-state index in [2.05, 4.69) is 36.3 Å². The molecule has 0 aromatic carbocycles. The van der Waals surface area contributed by atoms with Gasteiger partial charge in [0.15, 0.2) is 5.15 Å². The Bertz CT molecular complexity index is 466. The fourth-order valence-electron chi connectivity index (χ4n) is 1.04. The highest BCUT2D eigenvalue weighted by atomic mass is 79.9. The molecule has 0 unspecified atom stereocenters. The highest BCUT2D eigenvalue weighted by Gasteiger charge is 2.05. The quantitative estimate of drug-likeness (QED) is 0.922. The lowest BCUT2D eigenvalue weighted by molar-refractivity contribution is 0.768. The molecule has 0 aliphatic rings. The van der Waals surface area contributed by atoms with Crippen molar-refractivity contribution in [1.29, 1.82) is 0 Å². The first-order valence-corrected chi connectivity index (χ1v) is 5.26. The summed E-state index contributed by atoms with van der Waals surface area (Å²) in [7, 11) is 1.79. The summed E-state index contributed by atoms with van der Waals surface area (Å²) in [6.07, 6.45) is 5.06. The van der Waals surface area contributed by atoms with Gasteiger partial charge < -0.3 is 5.32 Å². The summed E-state index contributed by atoms with van der Waals surface area (Å²) in [4.78, 5) is 8.12. The van der Waals surface area contributed by atoms with E-state index in [0.717, 1.165) is 4.47 Å². The van der Waals surface area contributed by atoms with Crippen LogP contribution in [0.5, 0.6) is 0 Å². The maximum absolute atomic E-state index is 5.87. The third-order valence-corrected chi connectivity index (χ3v) is 2.34. The lowest BCUT2D eigenvalue weighted by Crippen LogP contribution is -1.95. The minimum atomic E-state index is 0.393. The van der Waals surface area contributed by atoms with Gasteiger partial charge in [-0.15, -0.1) is 0 Å². The van der Waals surface area contributed by atoms with E-state index in [9.17, 15) is 0 Å². The Morgan fingerprint density at radius 1 is 1.40 bits per heavy atom. The Balaban J connectivity index is 2.21. The number of hydrogen-bond donors (Lipinski definition) is 1. The van der Waals surface area contributed by atoms with Gasteiger partial charge in [-0.3, -0.25) is 4.68 Å². The van der Waals surface area contributed by atoms with Crippen molar-refractivity contribution in [2.75, 3.05) is 5.32 Å². The summed E-state index contributed by atoms with van der Waals surface area (Å²) in [5.41, 5.74) is 0.682. The monoisotopic (exact) mass is 287 g/mol. The van der Waals surface area contributed by atoms with E-state index >= 15 is 0 Å². The number of nitrogens with one attached hydrogen (secondary N) is 1. The van der Waals surface area contributed by atoms with Crippen molar-refractivity contribution >= 4 is 39.2 Å². The zero-order chi connectivity index (χ0) is 10.8. The molecule has 5 nitrogen and oxygen atoms in total. The number of rotatable bonds is 2. The predicted octanol–water partition coefficient (Wildman–Crippen LogP) is 2.37. The van der Waals surface area contributed by atoms with Gasteiger partial charge in [0.25, 0.3) is 0 Å². The van der Waals surface area contributed by atoms with Crippen LogP contribution < -0.4 is 5.32 Å². The van der Waals surface area contributed by atoms with E-state index in [4.69, 9.17) is 11.6 Å². The maximum Gasteiger partial charge on any atom is 0.227 e. The number of aryl methyl sites for hydroxylation is 1. The van der Waals surface area contributed by atoms with Crippen LogP contribution in [0.4, 0.5) is 11.6 Å². The Morgan fingerprint density at radius 3 is 2.60 bits per heavy atom. The highest BCUT2D eigenvalue weighted by Crippen LogP contribution is 2.21. The smallest absolute Gasteiger partial charge is 0.227 e. The zero-order valence-corrected chi connectivity index (χ0v) is 10.1. The molecule has 2 rings (SSSR count). The normalized spacial score (nSPS) is 10.3. The molecule has 7 heteroatoms. The molecule has 0 spiro atoms.